The maximum atomic E-state index is 12.4. The van der Waals surface area contributed by atoms with Gasteiger partial charge in [0.1, 0.15) is 0 Å². The second-order valence-corrected chi connectivity index (χ2v) is 5.44. The summed E-state index contributed by atoms with van der Waals surface area (Å²) in [6, 6.07) is 6.76. The fourth-order valence-electron chi connectivity index (χ4n) is 2.51. The van der Waals surface area contributed by atoms with Crippen molar-refractivity contribution >= 4 is 5.78 Å². The van der Waals surface area contributed by atoms with E-state index in [-0.39, 0.29) is 5.78 Å². The third kappa shape index (κ3) is 3.20. The monoisotopic (exact) mass is 245 g/mol. The molecule has 0 amide bonds. The number of rotatable bonds is 6. The van der Waals surface area contributed by atoms with Gasteiger partial charge in [-0.05, 0) is 45.2 Å². The Morgan fingerprint density at radius 3 is 2.61 bits per heavy atom. The van der Waals surface area contributed by atoms with E-state index >= 15 is 0 Å². The van der Waals surface area contributed by atoms with Crippen molar-refractivity contribution in [2.75, 3.05) is 13.1 Å². The molecule has 0 aromatic heterocycles. The molecule has 2 nitrogen and oxygen atoms in total. The molecule has 0 aliphatic heterocycles. The van der Waals surface area contributed by atoms with Crippen LogP contribution in [0.25, 0.3) is 0 Å². The zero-order chi connectivity index (χ0) is 13.1. The molecule has 1 aliphatic rings. The Hall–Kier alpha value is -1.15. The summed E-state index contributed by atoms with van der Waals surface area (Å²) in [6.45, 7) is 7.90. The molecule has 0 saturated heterocycles. The molecule has 1 saturated carbocycles. The number of hydrogen-bond acceptors (Lipinski definition) is 2. The van der Waals surface area contributed by atoms with Crippen LogP contribution in [0, 0.1) is 13.8 Å². The molecule has 98 valence electrons. The first-order chi connectivity index (χ1) is 8.61. The normalized spacial score (nSPS) is 15.1. The lowest BCUT2D eigenvalue weighted by Crippen LogP contribution is -2.32. The fraction of sp³-hybridized carbons (Fsp3) is 0.562. The van der Waals surface area contributed by atoms with Crippen LogP contribution in [0.1, 0.15) is 47.7 Å². The molecule has 0 N–H and O–H groups in total. The van der Waals surface area contributed by atoms with Crippen LogP contribution in [0.3, 0.4) is 0 Å². The van der Waals surface area contributed by atoms with Crippen LogP contribution >= 0.6 is 0 Å². The molecule has 0 unspecified atom stereocenters. The molecule has 1 aromatic rings. The highest BCUT2D eigenvalue weighted by Crippen LogP contribution is 2.27. The van der Waals surface area contributed by atoms with Gasteiger partial charge < -0.3 is 0 Å². The summed E-state index contributed by atoms with van der Waals surface area (Å²) in [5.74, 6) is 0.271. The largest absolute Gasteiger partial charge is 0.293 e. The molecule has 0 radical (unpaired) electrons. The van der Waals surface area contributed by atoms with Crippen LogP contribution < -0.4 is 0 Å². The van der Waals surface area contributed by atoms with Crippen molar-refractivity contribution in [3.05, 3.63) is 34.9 Å². The van der Waals surface area contributed by atoms with Crippen molar-refractivity contribution in [1.29, 1.82) is 0 Å². The van der Waals surface area contributed by atoms with Gasteiger partial charge in [0.25, 0.3) is 0 Å². The number of nitrogens with zero attached hydrogens (tertiary/aromatic N) is 1. The average Bonchev–Trinajstić information content (AvgIpc) is 3.11. The number of hydrogen-bond donors (Lipinski definition) is 0. The number of carbonyl (C=O) groups excluding carboxylic acids is 1. The quantitative estimate of drug-likeness (QED) is 0.716. The van der Waals surface area contributed by atoms with Crippen molar-refractivity contribution in [3.63, 3.8) is 0 Å². The van der Waals surface area contributed by atoms with Crippen LogP contribution in [-0.4, -0.2) is 29.8 Å². The molecule has 2 heteroatoms. The van der Waals surface area contributed by atoms with Crippen LogP contribution in [0.2, 0.25) is 0 Å². The number of ketones is 1. The van der Waals surface area contributed by atoms with Crippen LogP contribution in [-0.2, 0) is 0 Å². The molecule has 0 heterocycles. The molecule has 0 spiro atoms. The summed E-state index contributed by atoms with van der Waals surface area (Å²) < 4.78 is 0. The van der Waals surface area contributed by atoms with Gasteiger partial charge in [0.15, 0.2) is 5.78 Å². The van der Waals surface area contributed by atoms with Crippen molar-refractivity contribution in [2.45, 2.75) is 46.1 Å². The number of Topliss-reactive ketones (excluding diaryl/α,β-unsaturated/α-hetero) is 1. The van der Waals surface area contributed by atoms with E-state index in [0.29, 0.717) is 12.6 Å². The Bertz CT molecular complexity index is 435. The first kappa shape index (κ1) is 13.3. The van der Waals surface area contributed by atoms with Crippen molar-refractivity contribution < 1.29 is 4.79 Å². The van der Waals surface area contributed by atoms with Gasteiger partial charge in [-0.1, -0.05) is 30.7 Å². The lowest BCUT2D eigenvalue weighted by Gasteiger charge is -2.20. The lowest BCUT2D eigenvalue weighted by atomic mass is 10.0. The highest BCUT2D eigenvalue weighted by Gasteiger charge is 2.29. The summed E-state index contributed by atoms with van der Waals surface area (Å²) in [5.41, 5.74) is 3.21. The Morgan fingerprint density at radius 2 is 2.06 bits per heavy atom. The molecule has 1 aromatic carbocycles. The van der Waals surface area contributed by atoms with Crippen LogP contribution in [0.15, 0.2) is 18.2 Å². The SMILES string of the molecule is CCCN(CC(=O)c1ccc(C)cc1C)C1CC1. The zero-order valence-electron chi connectivity index (χ0n) is 11.7. The summed E-state index contributed by atoms with van der Waals surface area (Å²) >= 11 is 0. The van der Waals surface area contributed by atoms with Gasteiger partial charge in [-0.25, -0.2) is 0 Å². The van der Waals surface area contributed by atoms with E-state index in [9.17, 15) is 4.79 Å². The third-order valence-electron chi connectivity index (χ3n) is 3.60. The van der Waals surface area contributed by atoms with Gasteiger partial charge in [-0.15, -0.1) is 0 Å². The average molecular weight is 245 g/mol. The summed E-state index contributed by atoms with van der Waals surface area (Å²) in [5, 5.41) is 0. The topological polar surface area (TPSA) is 20.3 Å². The van der Waals surface area contributed by atoms with E-state index in [1.54, 1.807) is 0 Å². The van der Waals surface area contributed by atoms with Gasteiger partial charge in [0.05, 0.1) is 6.54 Å². The van der Waals surface area contributed by atoms with Crippen LogP contribution in [0.4, 0.5) is 0 Å². The molecule has 2 rings (SSSR count). The summed E-state index contributed by atoms with van der Waals surface area (Å²) in [7, 11) is 0. The van der Waals surface area contributed by atoms with E-state index in [1.807, 2.05) is 19.1 Å². The van der Waals surface area contributed by atoms with Gasteiger partial charge in [-0.2, -0.15) is 0 Å². The van der Waals surface area contributed by atoms with E-state index in [4.69, 9.17) is 0 Å². The summed E-state index contributed by atoms with van der Waals surface area (Å²) in [4.78, 5) is 14.7. The van der Waals surface area contributed by atoms with Gasteiger partial charge in [0.2, 0.25) is 0 Å². The molecule has 1 fully saturated rings. The first-order valence-corrected chi connectivity index (χ1v) is 6.96. The minimum absolute atomic E-state index is 0.271. The predicted molar refractivity (Wildman–Crippen MR) is 75.1 cm³/mol. The predicted octanol–water partition coefficient (Wildman–Crippen LogP) is 3.36. The first-order valence-electron chi connectivity index (χ1n) is 6.96. The van der Waals surface area contributed by atoms with Crippen molar-refractivity contribution in [3.8, 4) is 0 Å². The van der Waals surface area contributed by atoms with Gasteiger partial charge >= 0.3 is 0 Å². The second-order valence-electron chi connectivity index (χ2n) is 5.44. The maximum Gasteiger partial charge on any atom is 0.177 e. The molecule has 1 aliphatic carbocycles. The fourth-order valence-corrected chi connectivity index (χ4v) is 2.51. The minimum atomic E-state index is 0.271. The second kappa shape index (κ2) is 5.66. The lowest BCUT2D eigenvalue weighted by molar-refractivity contribution is 0.0924. The molecular weight excluding hydrogens is 222 g/mol. The summed E-state index contributed by atoms with van der Waals surface area (Å²) in [6.07, 6.45) is 3.65. The molecule has 0 bridgehead atoms. The van der Waals surface area contributed by atoms with Crippen molar-refractivity contribution in [1.82, 2.24) is 4.90 Å². The Morgan fingerprint density at radius 1 is 1.33 bits per heavy atom. The standard InChI is InChI=1S/C16H23NO/c1-4-9-17(14-6-7-14)11-16(18)15-8-5-12(2)10-13(15)3/h5,8,10,14H,4,6-7,9,11H2,1-3H3. The molecule has 0 atom stereocenters. The van der Waals surface area contributed by atoms with E-state index in [2.05, 4.69) is 24.8 Å². The molecular formula is C16H23NO. The number of benzene rings is 1. The van der Waals surface area contributed by atoms with Gasteiger partial charge in [0, 0.05) is 11.6 Å². The Balaban J connectivity index is 2.05. The van der Waals surface area contributed by atoms with E-state index in [0.717, 1.165) is 24.1 Å². The number of aryl methyl sites for hydroxylation is 2. The van der Waals surface area contributed by atoms with Crippen LogP contribution in [0.5, 0.6) is 0 Å². The maximum absolute atomic E-state index is 12.4. The highest BCUT2D eigenvalue weighted by atomic mass is 16.1. The number of carbonyl (C=O) groups is 1. The smallest absolute Gasteiger partial charge is 0.177 e. The van der Waals surface area contributed by atoms with Crippen molar-refractivity contribution in [2.24, 2.45) is 0 Å². The highest BCUT2D eigenvalue weighted by molar-refractivity contribution is 5.99. The van der Waals surface area contributed by atoms with Gasteiger partial charge in [-0.3, -0.25) is 9.69 Å². The Labute approximate surface area is 110 Å². The third-order valence-corrected chi connectivity index (χ3v) is 3.60. The van der Waals surface area contributed by atoms with E-state index in [1.165, 1.54) is 18.4 Å². The van der Waals surface area contributed by atoms with E-state index < -0.39 is 0 Å². The molecule has 18 heavy (non-hydrogen) atoms. The minimum Gasteiger partial charge on any atom is -0.293 e. The zero-order valence-corrected chi connectivity index (χ0v) is 11.7. The Kier molecular flexibility index (Phi) is 4.18.